The van der Waals surface area contributed by atoms with Crippen LogP contribution in [-0.2, 0) is 0 Å². The molecular formula is C11H26Si2. The van der Waals surface area contributed by atoms with Crippen molar-refractivity contribution in [1.82, 2.24) is 0 Å². The molecule has 0 amide bonds. The third-order valence-corrected chi connectivity index (χ3v) is 14.0. The first-order valence-corrected chi connectivity index (χ1v) is 9.36. The van der Waals surface area contributed by atoms with Gasteiger partial charge in [0, 0.05) is 10.2 Å². The van der Waals surface area contributed by atoms with Crippen molar-refractivity contribution in [3.8, 4) is 0 Å². The van der Waals surface area contributed by atoms with Gasteiger partial charge in [-0.25, -0.2) is 0 Å². The van der Waals surface area contributed by atoms with Crippen molar-refractivity contribution < 1.29 is 0 Å². The summed E-state index contributed by atoms with van der Waals surface area (Å²) in [5.74, 6) is 0. The standard InChI is InChI=1S/C11H26Si2/c1-10(2,3)13(11(4,5)6)8-9(13)7-12/h9H,7-8H2,1-6,12H3. The van der Waals surface area contributed by atoms with Crippen LogP contribution in [0.3, 0.4) is 0 Å². The molecule has 0 bridgehead atoms. The van der Waals surface area contributed by atoms with Gasteiger partial charge in [-0.05, 0) is 15.6 Å². The molecule has 0 aromatic heterocycles. The highest BCUT2D eigenvalue weighted by atomic mass is 28.3. The summed E-state index contributed by atoms with van der Waals surface area (Å²) in [5.41, 5.74) is 1.17. The van der Waals surface area contributed by atoms with E-state index in [4.69, 9.17) is 0 Å². The highest BCUT2D eigenvalue weighted by Gasteiger charge is 2.67. The Bertz CT molecular complexity index is 181. The maximum Gasteiger partial charge on any atom is 0.0668 e. The molecule has 1 atom stereocenters. The van der Waals surface area contributed by atoms with Gasteiger partial charge in [-0.15, -0.1) is 0 Å². The van der Waals surface area contributed by atoms with E-state index in [0.29, 0.717) is 10.1 Å². The zero-order valence-corrected chi connectivity index (χ0v) is 13.5. The SMILES string of the molecule is CC(C)(C)[Si]1(C(C)(C)C)CC1C[SiH3]. The molecule has 0 N–H and O–H groups in total. The van der Waals surface area contributed by atoms with Crippen LogP contribution in [0.1, 0.15) is 41.5 Å². The lowest BCUT2D eigenvalue weighted by atomic mass is 10.2. The molecule has 1 rings (SSSR count). The van der Waals surface area contributed by atoms with Gasteiger partial charge in [0.1, 0.15) is 0 Å². The van der Waals surface area contributed by atoms with Gasteiger partial charge in [-0.3, -0.25) is 0 Å². The predicted molar refractivity (Wildman–Crippen MR) is 68.5 cm³/mol. The van der Waals surface area contributed by atoms with Crippen molar-refractivity contribution >= 4 is 18.3 Å². The van der Waals surface area contributed by atoms with E-state index in [1.807, 2.05) is 0 Å². The summed E-state index contributed by atoms with van der Waals surface area (Å²) in [7, 11) is 0.458. The van der Waals surface area contributed by atoms with Crippen LogP contribution in [0.4, 0.5) is 0 Å². The molecule has 1 aliphatic heterocycles. The summed E-state index contributed by atoms with van der Waals surface area (Å²) in [6.45, 7) is 14.9. The van der Waals surface area contributed by atoms with Gasteiger partial charge in [0.25, 0.3) is 0 Å². The zero-order valence-electron chi connectivity index (χ0n) is 10.5. The molecule has 1 heterocycles. The molecule has 0 spiro atoms. The summed E-state index contributed by atoms with van der Waals surface area (Å²) >= 11 is 0. The van der Waals surface area contributed by atoms with Gasteiger partial charge in [0.15, 0.2) is 0 Å². The Morgan fingerprint density at radius 1 is 1.08 bits per heavy atom. The van der Waals surface area contributed by atoms with E-state index in [0.717, 1.165) is 0 Å². The Labute approximate surface area is 87.9 Å². The molecule has 1 unspecified atom stereocenters. The van der Waals surface area contributed by atoms with Crippen molar-refractivity contribution in [2.45, 2.75) is 69.2 Å². The second kappa shape index (κ2) is 2.96. The molecule has 1 fully saturated rings. The predicted octanol–water partition coefficient (Wildman–Crippen LogP) is 3.20. The monoisotopic (exact) mass is 214 g/mol. The average Bonchev–Trinajstić information content (AvgIpc) is 2.57. The Kier molecular flexibility index (Phi) is 2.62. The normalized spacial score (nSPS) is 27.7. The van der Waals surface area contributed by atoms with Gasteiger partial charge in [0.2, 0.25) is 0 Å². The fourth-order valence-corrected chi connectivity index (χ4v) is 14.9. The number of rotatable bonds is 1. The zero-order chi connectivity index (χ0) is 10.5. The van der Waals surface area contributed by atoms with Crippen molar-refractivity contribution in [3.63, 3.8) is 0 Å². The lowest BCUT2D eigenvalue weighted by Gasteiger charge is -2.41. The third-order valence-electron chi connectivity index (χ3n) is 4.27. The average molecular weight is 215 g/mol. The van der Waals surface area contributed by atoms with Crippen molar-refractivity contribution in [2.75, 3.05) is 0 Å². The highest BCUT2D eigenvalue weighted by molar-refractivity contribution is 6.96. The molecule has 0 aromatic rings. The van der Waals surface area contributed by atoms with E-state index in [9.17, 15) is 0 Å². The summed E-state index contributed by atoms with van der Waals surface area (Å²) < 4.78 is 0. The van der Waals surface area contributed by atoms with Gasteiger partial charge in [0.05, 0.1) is 8.07 Å². The molecule has 1 aliphatic rings. The minimum Gasteiger partial charge on any atom is -0.0656 e. The first-order valence-electron chi connectivity index (χ1n) is 5.67. The van der Waals surface area contributed by atoms with Gasteiger partial charge >= 0.3 is 0 Å². The van der Waals surface area contributed by atoms with E-state index in [1.165, 1.54) is 15.8 Å². The van der Waals surface area contributed by atoms with Crippen LogP contribution < -0.4 is 0 Å². The second-order valence-electron chi connectivity index (χ2n) is 6.78. The van der Waals surface area contributed by atoms with E-state index < -0.39 is 8.07 Å². The lowest BCUT2D eigenvalue weighted by Crippen LogP contribution is -2.39. The molecule has 1 saturated heterocycles. The maximum atomic E-state index is 2.49. The summed E-state index contributed by atoms with van der Waals surface area (Å²) in [4.78, 5) is 0. The summed E-state index contributed by atoms with van der Waals surface area (Å²) in [6.07, 6.45) is 0. The van der Waals surface area contributed by atoms with Gasteiger partial charge < -0.3 is 0 Å². The summed E-state index contributed by atoms with van der Waals surface area (Å²) in [6, 6.07) is 3.17. The Morgan fingerprint density at radius 3 is 1.54 bits per heavy atom. The molecule has 0 saturated carbocycles. The minimum atomic E-state index is -0.951. The van der Waals surface area contributed by atoms with Crippen LogP contribution in [0.15, 0.2) is 0 Å². The van der Waals surface area contributed by atoms with Crippen LogP contribution in [0.25, 0.3) is 0 Å². The first-order chi connectivity index (χ1) is 5.67. The lowest BCUT2D eigenvalue weighted by molar-refractivity contribution is 0.634. The largest absolute Gasteiger partial charge is 0.0668 e. The maximum absolute atomic E-state index is 2.49. The van der Waals surface area contributed by atoms with Crippen molar-refractivity contribution in [3.05, 3.63) is 0 Å². The van der Waals surface area contributed by atoms with Crippen LogP contribution >= 0.6 is 0 Å². The van der Waals surface area contributed by atoms with Gasteiger partial charge in [-0.2, -0.15) is 0 Å². The van der Waals surface area contributed by atoms with E-state index in [2.05, 4.69) is 41.5 Å². The molecular weight excluding hydrogens is 188 g/mol. The first kappa shape index (κ1) is 11.5. The topological polar surface area (TPSA) is 0 Å². The molecule has 13 heavy (non-hydrogen) atoms. The van der Waals surface area contributed by atoms with Crippen molar-refractivity contribution in [2.24, 2.45) is 0 Å². The highest BCUT2D eigenvalue weighted by Crippen LogP contribution is 2.72. The number of hydrogen-bond donors (Lipinski definition) is 0. The molecule has 0 nitrogen and oxygen atoms in total. The molecule has 0 aromatic carbocycles. The Balaban J connectivity index is 2.95. The van der Waals surface area contributed by atoms with Crippen molar-refractivity contribution in [1.29, 1.82) is 0 Å². The van der Waals surface area contributed by atoms with Crippen LogP contribution in [0, 0.1) is 0 Å². The minimum absolute atomic E-state index is 0.625. The van der Waals surface area contributed by atoms with Gasteiger partial charge in [-0.1, -0.05) is 53.6 Å². The molecule has 0 radical (unpaired) electrons. The van der Waals surface area contributed by atoms with Crippen LogP contribution in [-0.4, -0.2) is 18.3 Å². The second-order valence-corrected chi connectivity index (χ2v) is 13.8. The van der Waals surface area contributed by atoms with E-state index >= 15 is 0 Å². The summed E-state index contributed by atoms with van der Waals surface area (Å²) in [5, 5.41) is 1.25. The van der Waals surface area contributed by atoms with Crippen LogP contribution in [0.5, 0.6) is 0 Å². The van der Waals surface area contributed by atoms with E-state index in [-0.39, 0.29) is 0 Å². The fraction of sp³-hybridized carbons (Fsp3) is 1.00. The smallest absolute Gasteiger partial charge is 0.0656 e. The van der Waals surface area contributed by atoms with Crippen LogP contribution in [0.2, 0.25) is 27.7 Å². The molecule has 78 valence electrons. The quantitative estimate of drug-likeness (QED) is 0.588. The molecule has 2 heteroatoms. The third kappa shape index (κ3) is 1.56. The Morgan fingerprint density at radius 2 is 1.46 bits per heavy atom. The Hall–Kier alpha value is 0.434. The fourth-order valence-electron chi connectivity index (χ4n) is 3.78. The number of hydrogen-bond acceptors (Lipinski definition) is 0. The molecule has 0 aliphatic carbocycles. The van der Waals surface area contributed by atoms with E-state index in [1.54, 1.807) is 12.1 Å².